The molecule has 0 aliphatic rings. The van der Waals surface area contributed by atoms with Gasteiger partial charge in [-0.2, -0.15) is 0 Å². The number of ether oxygens (including phenoxy) is 1. The molecular weight excluding hydrogens is 332 g/mol. The minimum absolute atomic E-state index is 0.0889. The molecule has 0 bridgehead atoms. The van der Waals surface area contributed by atoms with E-state index in [0.717, 1.165) is 33.8 Å². The molecule has 0 saturated carbocycles. The SMILES string of the molecule is COc1ccc(CCCNC(=O)/C=C/c2nc3ccccc3s2)cc1. The van der Waals surface area contributed by atoms with Crippen molar-refractivity contribution in [3.05, 3.63) is 65.2 Å². The molecule has 0 radical (unpaired) electrons. The van der Waals surface area contributed by atoms with Crippen LogP contribution in [0.1, 0.15) is 17.0 Å². The predicted octanol–water partition coefficient (Wildman–Crippen LogP) is 4.07. The average Bonchev–Trinajstić information content (AvgIpc) is 3.07. The Bertz CT molecular complexity index is 836. The molecular formula is C20H20N2O2S. The molecule has 5 heteroatoms. The van der Waals surface area contributed by atoms with Crippen LogP contribution in [0.15, 0.2) is 54.6 Å². The third-order valence-electron chi connectivity index (χ3n) is 3.79. The van der Waals surface area contributed by atoms with E-state index < -0.39 is 0 Å². The Morgan fingerprint density at radius 3 is 2.76 bits per heavy atom. The van der Waals surface area contributed by atoms with Crippen LogP contribution in [0.25, 0.3) is 16.3 Å². The highest BCUT2D eigenvalue weighted by Gasteiger charge is 2.01. The number of carbonyl (C=O) groups is 1. The van der Waals surface area contributed by atoms with Gasteiger partial charge in [-0.3, -0.25) is 4.79 Å². The Balaban J connectivity index is 1.42. The summed E-state index contributed by atoms with van der Waals surface area (Å²) in [7, 11) is 1.66. The van der Waals surface area contributed by atoms with Gasteiger partial charge in [0, 0.05) is 12.6 Å². The van der Waals surface area contributed by atoms with Crippen LogP contribution < -0.4 is 10.1 Å². The average molecular weight is 352 g/mol. The van der Waals surface area contributed by atoms with Crippen molar-refractivity contribution >= 4 is 33.5 Å². The second-order valence-corrected chi connectivity index (χ2v) is 6.66. The molecule has 0 unspecified atom stereocenters. The highest BCUT2D eigenvalue weighted by atomic mass is 32.1. The van der Waals surface area contributed by atoms with E-state index in [4.69, 9.17) is 4.74 Å². The standard InChI is InChI=1S/C20H20N2O2S/c1-24-16-10-8-15(9-11-16)5-4-14-21-19(23)12-13-20-22-17-6-2-3-7-18(17)25-20/h2-3,6-13H,4-5,14H2,1H3,(H,21,23)/b13-12+. The molecule has 4 nitrogen and oxygen atoms in total. The van der Waals surface area contributed by atoms with Crippen LogP contribution in [-0.4, -0.2) is 24.5 Å². The minimum Gasteiger partial charge on any atom is -0.497 e. The number of aryl methyl sites for hydroxylation is 1. The maximum absolute atomic E-state index is 11.9. The number of thiazole rings is 1. The maximum atomic E-state index is 11.9. The van der Waals surface area contributed by atoms with Gasteiger partial charge >= 0.3 is 0 Å². The quantitative estimate of drug-likeness (QED) is 0.515. The summed E-state index contributed by atoms with van der Waals surface area (Å²) in [6, 6.07) is 16.0. The van der Waals surface area contributed by atoms with Crippen molar-refractivity contribution in [2.45, 2.75) is 12.8 Å². The van der Waals surface area contributed by atoms with Gasteiger partial charge in [-0.25, -0.2) is 4.98 Å². The van der Waals surface area contributed by atoms with E-state index in [1.807, 2.05) is 48.5 Å². The summed E-state index contributed by atoms with van der Waals surface area (Å²) < 4.78 is 6.27. The Labute approximate surface area is 151 Å². The summed E-state index contributed by atoms with van der Waals surface area (Å²) in [6.45, 7) is 0.648. The van der Waals surface area contributed by atoms with Gasteiger partial charge in [0.25, 0.3) is 0 Å². The molecule has 1 heterocycles. The Kier molecular flexibility index (Phi) is 5.80. The lowest BCUT2D eigenvalue weighted by atomic mass is 10.1. The van der Waals surface area contributed by atoms with Gasteiger partial charge in [0.15, 0.2) is 0 Å². The number of benzene rings is 2. The van der Waals surface area contributed by atoms with Gasteiger partial charge in [-0.15, -0.1) is 11.3 Å². The van der Waals surface area contributed by atoms with Crippen LogP contribution in [0, 0.1) is 0 Å². The fourth-order valence-electron chi connectivity index (χ4n) is 2.46. The first-order valence-electron chi connectivity index (χ1n) is 8.19. The van der Waals surface area contributed by atoms with E-state index in [1.165, 1.54) is 5.56 Å². The summed E-state index contributed by atoms with van der Waals surface area (Å²) in [6.07, 6.45) is 5.13. The highest BCUT2D eigenvalue weighted by Crippen LogP contribution is 2.22. The second kappa shape index (κ2) is 8.44. The van der Waals surface area contributed by atoms with Gasteiger partial charge in [-0.1, -0.05) is 24.3 Å². The molecule has 0 aliphatic carbocycles. The van der Waals surface area contributed by atoms with Crippen molar-refractivity contribution in [3.63, 3.8) is 0 Å². The van der Waals surface area contributed by atoms with Gasteiger partial charge < -0.3 is 10.1 Å². The summed E-state index contributed by atoms with van der Waals surface area (Å²) in [5.74, 6) is 0.769. The normalized spacial score (nSPS) is 11.1. The molecule has 3 rings (SSSR count). The second-order valence-electron chi connectivity index (χ2n) is 5.60. The fourth-order valence-corrected chi connectivity index (χ4v) is 3.33. The Morgan fingerprint density at radius 1 is 1.20 bits per heavy atom. The molecule has 25 heavy (non-hydrogen) atoms. The number of carbonyl (C=O) groups excluding carboxylic acids is 1. The number of amides is 1. The zero-order chi connectivity index (χ0) is 17.5. The number of para-hydroxylation sites is 1. The van der Waals surface area contributed by atoms with E-state index >= 15 is 0 Å². The van der Waals surface area contributed by atoms with Crippen LogP contribution in [0.4, 0.5) is 0 Å². The summed E-state index contributed by atoms with van der Waals surface area (Å²) in [5.41, 5.74) is 2.20. The van der Waals surface area contributed by atoms with Crippen molar-refractivity contribution in [2.24, 2.45) is 0 Å². The van der Waals surface area contributed by atoms with Crippen molar-refractivity contribution in [1.29, 1.82) is 0 Å². The van der Waals surface area contributed by atoms with Crippen LogP contribution in [0.5, 0.6) is 5.75 Å². The molecule has 0 fully saturated rings. The van der Waals surface area contributed by atoms with Crippen LogP contribution >= 0.6 is 11.3 Å². The van der Waals surface area contributed by atoms with E-state index in [2.05, 4.69) is 10.3 Å². The summed E-state index contributed by atoms with van der Waals surface area (Å²) >= 11 is 1.58. The van der Waals surface area contributed by atoms with Crippen LogP contribution in [0.2, 0.25) is 0 Å². The Hall–Kier alpha value is -2.66. The number of nitrogens with zero attached hydrogens (tertiary/aromatic N) is 1. The van der Waals surface area contributed by atoms with Crippen molar-refractivity contribution < 1.29 is 9.53 Å². The zero-order valence-electron chi connectivity index (χ0n) is 14.1. The lowest BCUT2D eigenvalue weighted by Gasteiger charge is -2.04. The first-order chi connectivity index (χ1) is 12.2. The smallest absolute Gasteiger partial charge is 0.244 e. The molecule has 128 valence electrons. The molecule has 1 aromatic heterocycles. The topological polar surface area (TPSA) is 51.2 Å². The number of fused-ring (bicyclic) bond motifs is 1. The lowest BCUT2D eigenvalue weighted by Crippen LogP contribution is -2.22. The van der Waals surface area contributed by atoms with E-state index in [1.54, 1.807) is 30.6 Å². The van der Waals surface area contributed by atoms with Crippen LogP contribution in [-0.2, 0) is 11.2 Å². The highest BCUT2D eigenvalue weighted by molar-refractivity contribution is 7.19. The first-order valence-corrected chi connectivity index (χ1v) is 9.00. The molecule has 2 aromatic carbocycles. The minimum atomic E-state index is -0.0889. The molecule has 0 spiro atoms. The van der Waals surface area contributed by atoms with Gasteiger partial charge in [0.05, 0.1) is 17.3 Å². The third kappa shape index (κ3) is 4.90. The van der Waals surface area contributed by atoms with Crippen LogP contribution in [0.3, 0.4) is 0 Å². The van der Waals surface area contributed by atoms with E-state index in [0.29, 0.717) is 6.54 Å². The molecule has 0 atom stereocenters. The summed E-state index contributed by atoms with van der Waals surface area (Å²) in [4.78, 5) is 16.4. The Morgan fingerprint density at radius 2 is 2.00 bits per heavy atom. The van der Waals surface area contributed by atoms with Crippen molar-refractivity contribution in [3.8, 4) is 5.75 Å². The molecule has 0 saturated heterocycles. The number of methoxy groups -OCH3 is 1. The monoisotopic (exact) mass is 352 g/mol. The number of hydrogen-bond acceptors (Lipinski definition) is 4. The predicted molar refractivity (Wildman–Crippen MR) is 103 cm³/mol. The maximum Gasteiger partial charge on any atom is 0.244 e. The third-order valence-corrected chi connectivity index (χ3v) is 4.79. The summed E-state index contributed by atoms with van der Waals surface area (Å²) in [5, 5.41) is 3.75. The van der Waals surface area contributed by atoms with Gasteiger partial charge in [0.2, 0.25) is 5.91 Å². The fraction of sp³-hybridized carbons (Fsp3) is 0.200. The van der Waals surface area contributed by atoms with Crippen molar-refractivity contribution in [1.82, 2.24) is 10.3 Å². The van der Waals surface area contributed by atoms with Crippen molar-refractivity contribution in [2.75, 3.05) is 13.7 Å². The number of rotatable bonds is 7. The number of nitrogens with one attached hydrogen (secondary N) is 1. The molecule has 1 amide bonds. The van der Waals surface area contributed by atoms with E-state index in [9.17, 15) is 4.79 Å². The number of aromatic nitrogens is 1. The first kappa shape index (κ1) is 17.2. The zero-order valence-corrected chi connectivity index (χ0v) is 14.9. The molecule has 3 aromatic rings. The lowest BCUT2D eigenvalue weighted by molar-refractivity contribution is -0.116. The van der Waals surface area contributed by atoms with Gasteiger partial charge in [-0.05, 0) is 48.7 Å². The van der Waals surface area contributed by atoms with E-state index in [-0.39, 0.29) is 5.91 Å². The molecule has 0 aliphatic heterocycles. The molecule has 1 N–H and O–H groups in total. The van der Waals surface area contributed by atoms with Gasteiger partial charge in [0.1, 0.15) is 10.8 Å². The largest absolute Gasteiger partial charge is 0.497 e. The number of hydrogen-bond donors (Lipinski definition) is 1.